The molecule has 0 aromatic carbocycles. The van der Waals surface area contributed by atoms with Gasteiger partial charge in [-0.05, 0) is 6.07 Å². The van der Waals surface area contributed by atoms with Gasteiger partial charge in [-0.3, -0.25) is 10.2 Å². The Morgan fingerprint density at radius 1 is 1.50 bits per heavy atom. The van der Waals surface area contributed by atoms with E-state index in [1.54, 1.807) is 5.38 Å². The van der Waals surface area contributed by atoms with E-state index in [9.17, 15) is 4.79 Å². The first-order valence-corrected chi connectivity index (χ1v) is 3.72. The highest BCUT2D eigenvalue weighted by Gasteiger charge is 2.05. The number of carbonyl (C=O) groups excluding carboxylic acids is 1. The van der Waals surface area contributed by atoms with Gasteiger partial charge in [0.15, 0.2) is 0 Å². The maximum atomic E-state index is 10.6. The first-order chi connectivity index (χ1) is 5.11. The van der Waals surface area contributed by atoms with Crippen LogP contribution < -0.4 is 11.5 Å². The van der Waals surface area contributed by atoms with Crippen LogP contribution in [0.1, 0.15) is 15.2 Å². The predicted octanol–water partition coefficient (Wildman–Crippen LogP) is 0.553. The molecule has 0 aliphatic rings. The molecule has 1 aromatic heterocycles. The molecule has 0 aliphatic heterocycles. The molecule has 6 heteroatoms. The molecule has 1 heterocycles. The van der Waals surface area contributed by atoms with Crippen LogP contribution in [-0.2, 0) is 0 Å². The monoisotopic (exact) mass is 205 g/mol. The normalized spacial score (nSPS) is 8.67. The fraction of sp³-hybridized carbons (Fsp3) is 0. The number of amidine groups is 1. The summed E-state index contributed by atoms with van der Waals surface area (Å²) in [5.41, 5.74) is 10.7. The highest BCUT2D eigenvalue weighted by Crippen LogP contribution is 2.12. The number of halogens is 1. The number of thiophene rings is 1. The van der Waals surface area contributed by atoms with Gasteiger partial charge in [0.05, 0.1) is 4.88 Å². The van der Waals surface area contributed by atoms with Gasteiger partial charge in [-0.2, -0.15) is 0 Å². The lowest BCUT2D eigenvalue weighted by Gasteiger charge is -1.87. The number of hydrogen-bond donors (Lipinski definition) is 3. The number of rotatable bonds is 2. The summed E-state index contributed by atoms with van der Waals surface area (Å²) in [6.45, 7) is 0. The Kier molecular flexibility index (Phi) is 3.72. The van der Waals surface area contributed by atoms with Crippen LogP contribution in [0.25, 0.3) is 0 Å². The SMILES string of the molecule is Cl.N=C(N)c1csc(C(N)=O)c1. The highest BCUT2D eigenvalue weighted by atomic mass is 35.5. The molecule has 1 rings (SSSR count). The van der Waals surface area contributed by atoms with E-state index in [1.807, 2.05) is 0 Å². The van der Waals surface area contributed by atoms with Crippen molar-refractivity contribution < 1.29 is 4.79 Å². The molecule has 0 unspecified atom stereocenters. The molecule has 0 saturated heterocycles. The number of nitrogen functional groups attached to an aromatic ring is 1. The van der Waals surface area contributed by atoms with Crippen LogP contribution in [0.4, 0.5) is 0 Å². The average Bonchev–Trinajstić information content (AvgIpc) is 2.33. The zero-order valence-corrected chi connectivity index (χ0v) is 7.67. The molecule has 0 radical (unpaired) electrons. The Morgan fingerprint density at radius 3 is 2.33 bits per heavy atom. The van der Waals surface area contributed by atoms with Gasteiger partial charge >= 0.3 is 0 Å². The average molecular weight is 206 g/mol. The highest BCUT2D eigenvalue weighted by molar-refractivity contribution is 7.12. The second kappa shape index (κ2) is 4.08. The summed E-state index contributed by atoms with van der Waals surface area (Å²) in [6.07, 6.45) is 0. The molecule has 5 N–H and O–H groups in total. The van der Waals surface area contributed by atoms with Crippen LogP contribution in [0.2, 0.25) is 0 Å². The minimum absolute atomic E-state index is 0. The van der Waals surface area contributed by atoms with E-state index in [-0.39, 0.29) is 18.2 Å². The first kappa shape index (κ1) is 10.9. The predicted molar refractivity (Wildman–Crippen MR) is 51.1 cm³/mol. The molecule has 0 atom stereocenters. The summed E-state index contributed by atoms with van der Waals surface area (Å²) in [7, 11) is 0. The minimum Gasteiger partial charge on any atom is -0.384 e. The van der Waals surface area contributed by atoms with Crippen LogP contribution in [0, 0.1) is 5.41 Å². The Bertz CT molecular complexity index is 281. The van der Waals surface area contributed by atoms with Crippen molar-refractivity contribution in [3.8, 4) is 0 Å². The quantitative estimate of drug-likeness (QED) is 0.486. The van der Waals surface area contributed by atoms with Gasteiger partial charge in [0, 0.05) is 10.9 Å². The molecular weight excluding hydrogens is 198 g/mol. The third kappa shape index (κ3) is 2.21. The minimum atomic E-state index is -0.484. The van der Waals surface area contributed by atoms with Crippen LogP contribution >= 0.6 is 23.7 Å². The zero-order valence-electron chi connectivity index (χ0n) is 6.03. The summed E-state index contributed by atoms with van der Waals surface area (Å²) >= 11 is 1.19. The van der Waals surface area contributed by atoms with Gasteiger partial charge in [0.2, 0.25) is 0 Å². The van der Waals surface area contributed by atoms with Crippen molar-refractivity contribution in [1.82, 2.24) is 0 Å². The largest absolute Gasteiger partial charge is 0.384 e. The molecule has 4 nitrogen and oxygen atoms in total. The fourth-order valence-electron chi connectivity index (χ4n) is 0.607. The van der Waals surface area contributed by atoms with Gasteiger partial charge in [0.25, 0.3) is 5.91 Å². The molecule has 1 aromatic rings. The third-order valence-corrected chi connectivity index (χ3v) is 2.10. The number of nitrogens with one attached hydrogen (secondary N) is 1. The summed E-state index contributed by atoms with van der Waals surface area (Å²) in [4.78, 5) is 11.0. The second-order valence-corrected chi connectivity index (χ2v) is 2.89. The lowest BCUT2D eigenvalue weighted by Crippen LogP contribution is -2.11. The van der Waals surface area contributed by atoms with Crippen LogP contribution in [0.3, 0.4) is 0 Å². The van der Waals surface area contributed by atoms with E-state index in [4.69, 9.17) is 16.9 Å². The van der Waals surface area contributed by atoms with Gasteiger partial charge in [-0.25, -0.2) is 0 Å². The molecule has 0 saturated carbocycles. The number of hydrogen-bond acceptors (Lipinski definition) is 3. The molecule has 0 fully saturated rings. The molecule has 12 heavy (non-hydrogen) atoms. The van der Waals surface area contributed by atoms with Crippen molar-refractivity contribution in [1.29, 1.82) is 5.41 Å². The lowest BCUT2D eigenvalue weighted by molar-refractivity contribution is 0.100. The van der Waals surface area contributed by atoms with E-state index in [1.165, 1.54) is 17.4 Å². The lowest BCUT2D eigenvalue weighted by atomic mass is 10.3. The summed E-state index contributed by atoms with van der Waals surface area (Å²) in [6, 6.07) is 1.51. The number of primary amides is 1. The van der Waals surface area contributed by atoms with Crippen molar-refractivity contribution in [3.63, 3.8) is 0 Å². The third-order valence-electron chi connectivity index (χ3n) is 1.15. The Hall–Kier alpha value is -1.07. The molecule has 1 amide bonds. The van der Waals surface area contributed by atoms with E-state index in [2.05, 4.69) is 0 Å². The Labute approximate surface area is 79.5 Å². The van der Waals surface area contributed by atoms with Gasteiger partial charge in [-0.1, -0.05) is 0 Å². The van der Waals surface area contributed by atoms with Gasteiger partial charge in [-0.15, -0.1) is 23.7 Å². The number of amides is 1. The van der Waals surface area contributed by atoms with E-state index in [0.717, 1.165) is 0 Å². The molecule has 0 spiro atoms. The summed E-state index contributed by atoms with van der Waals surface area (Å²) in [5, 5.41) is 8.65. The van der Waals surface area contributed by atoms with Crippen molar-refractivity contribution in [2.24, 2.45) is 11.5 Å². The smallest absolute Gasteiger partial charge is 0.258 e. The maximum absolute atomic E-state index is 10.6. The van der Waals surface area contributed by atoms with Gasteiger partial charge in [0.1, 0.15) is 5.84 Å². The Morgan fingerprint density at radius 2 is 2.08 bits per heavy atom. The van der Waals surface area contributed by atoms with E-state index < -0.39 is 5.91 Å². The Balaban J connectivity index is 0.00000121. The van der Waals surface area contributed by atoms with Crippen molar-refractivity contribution in [2.45, 2.75) is 0 Å². The second-order valence-electron chi connectivity index (χ2n) is 1.98. The standard InChI is InChI=1S/C6H7N3OS.ClH/c7-5(8)3-1-4(6(9)10)11-2-3;/h1-2H,(H3,7,8)(H2,9,10);1H. The van der Waals surface area contributed by atoms with Crippen LogP contribution in [0.5, 0.6) is 0 Å². The molecule has 66 valence electrons. The van der Waals surface area contributed by atoms with Crippen LogP contribution in [0.15, 0.2) is 11.4 Å². The number of carbonyl (C=O) groups is 1. The fourth-order valence-corrected chi connectivity index (χ4v) is 1.37. The molecule has 0 bridgehead atoms. The molecule has 0 aliphatic carbocycles. The van der Waals surface area contributed by atoms with E-state index >= 15 is 0 Å². The topological polar surface area (TPSA) is 93.0 Å². The van der Waals surface area contributed by atoms with E-state index in [0.29, 0.717) is 10.4 Å². The summed E-state index contributed by atoms with van der Waals surface area (Å²) in [5.74, 6) is -0.531. The van der Waals surface area contributed by atoms with Crippen molar-refractivity contribution in [3.05, 3.63) is 21.9 Å². The number of nitrogens with two attached hydrogens (primary N) is 2. The zero-order chi connectivity index (χ0) is 8.43. The molecular formula is C6H8ClN3OS. The maximum Gasteiger partial charge on any atom is 0.258 e. The summed E-state index contributed by atoms with van der Waals surface area (Å²) < 4.78 is 0. The van der Waals surface area contributed by atoms with Crippen LogP contribution in [-0.4, -0.2) is 11.7 Å². The van der Waals surface area contributed by atoms with Crippen molar-refractivity contribution >= 4 is 35.5 Å². The van der Waals surface area contributed by atoms with Gasteiger partial charge < -0.3 is 11.5 Å². The first-order valence-electron chi connectivity index (χ1n) is 2.84. The van der Waals surface area contributed by atoms with Crippen molar-refractivity contribution in [2.75, 3.05) is 0 Å².